The minimum atomic E-state index is -0.840. The lowest BCUT2D eigenvalue weighted by Crippen LogP contribution is -2.35. The highest BCUT2D eigenvalue weighted by Gasteiger charge is 2.22. The van der Waals surface area contributed by atoms with Gasteiger partial charge in [-0.05, 0) is 6.26 Å². The van der Waals surface area contributed by atoms with E-state index in [0.717, 1.165) is 0 Å². The topological polar surface area (TPSA) is 61.7 Å². The highest BCUT2D eigenvalue weighted by Crippen LogP contribution is 2.04. The van der Waals surface area contributed by atoms with Gasteiger partial charge in [0.15, 0.2) is 5.17 Å². The van der Waals surface area contributed by atoms with Crippen molar-refractivity contribution in [3.8, 4) is 0 Å². The van der Waals surface area contributed by atoms with Crippen LogP contribution in [0.5, 0.6) is 0 Å². The molecule has 56 valence electrons. The highest BCUT2D eigenvalue weighted by atomic mass is 32.2. The van der Waals surface area contributed by atoms with Crippen LogP contribution < -0.4 is 5.32 Å². The van der Waals surface area contributed by atoms with Crippen molar-refractivity contribution in [3.05, 3.63) is 0 Å². The van der Waals surface area contributed by atoms with Crippen LogP contribution >= 0.6 is 11.8 Å². The molecule has 0 fully saturated rings. The van der Waals surface area contributed by atoms with Crippen molar-refractivity contribution in [3.63, 3.8) is 0 Å². The summed E-state index contributed by atoms with van der Waals surface area (Å²) in [6.45, 7) is 0.353. The zero-order valence-electron chi connectivity index (χ0n) is 5.50. The van der Waals surface area contributed by atoms with Crippen molar-refractivity contribution >= 4 is 22.9 Å². The van der Waals surface area contributed by atoms with Crippen molar-refractivity contribution in [2.24, 2.45) is 4.99 Å². The number of carboxylic acids is 1. The number of hydrogen-bond acceptors (Lipinski definition) is 4. The molecular formula is C5H8N2O2S. The van der Waals surface area contributed by atoms with Crippen LogP contribution in [0.15, 0.2) is 4.99 Å². The van der Waals surface area contributed by atoms with Crippen LogP contribution in [-0.2, 0) is 4.79 Å². The van der Waals surface area contributed by atoms with Gasteiger partial charge in [-0.15, -0.1) is 0 Å². The molecule has 0 aliphatic carbocycles. The van der Waals surface area contributed by atoms with Gasteiger partial charge in [0.05, 0.1) is 6.54 Å². The number of aliphatic carboxylic acids is 1. The second-order valence-corrected chi connectivity index (χ2v) is 2.68. The van der Waals surface area contributed by atoms with Crippen LogP contribution in [0, 0.1) is 0 Å². The molecule has 0 saturated carbocycles. The summed E-state index contributed by atoms with van der Waals surface area (Å²) in [4.78, 5) is 14.3. The van der Waals surface area contributed by atoms with Crippen LogP contribution in [0.1, 0.15) is 0 Å². The van der Waals surface area contributed by atoms with E-state index in [1.165, 1.54) is 11.8 Å². The Balaban J connectivity index is 2.43. The molecule has 0 saturated heterocycles. The van der Waals surface area contributed by atoms with Gasteiger partial charge < -0.3 is 10.4 Å². The summed E-state index contributed by atoms with van der Waals surface area (Å²) in [5.74, 6) is -0.840. The molecule has 0 bridgehead atoms. The number of hydrogen-bond donors (Lipinski definition) is 2. The molecule has 1 aliphatic heterocycles. The summed E-state index contributed by atoms with van der Waals surface area (Å²) in [5.41, 5.74) is 0. The zero-order valence-corrected chi connectivity index (χ0v) is 6.31. The maximum atomic E-state index is 10.3. The first-order chi connectivity index (χ1) is 4.74. The van der Waals surface area contributed by atoms with Crippen molar-refractivity contribution in [2.45, 2.75) is 6.04 Å². The first-order valence-electron chi connectivity index (χ1n) is 2.82. The standard InChI is InChI=1S/C5H8N2O2S/c1-10-5-6-2-3(7-5)4(8)9/h3H,2H2,1H3,(H,6,7)(H,8,9). The molecule has 1 rings (SSSR count). The van der Waals surface area contributed by atoms with E-state index in [9.17, 15) is 4.79 Å². The smallest absolute Gasteiger partial charge is 0.328 e. The lowest BCUT2D eigenvalue weighted by atomic mass is 10.3. The van der Waals surface area contributed by atoms with Crippen LogP contribution in [0.25, 0.3) is 0 Å². The Labute approximate surface area is 62.7 Å². The molecule has 0 aromatic rings. The third-order valence-electron chi connectivity index (χ3n) is 1.21. The van der Waals surface area contributed by atoms with Gasteiger partial charge in [0.1, 0.15) is 6.04 Å². The largest absolute Gasteiger partial charge is 0.480 e. The first-order valence-corrected chi connectivity index (χ1v) is 4.04. The first kappa shape index (κ1) is 7.40. The van der Waals surface area contributed by atoms with Crippen LogP contribution in [0.4, 0.5) is 0 Å². The number of nitrogens with zero attached hydrogens (tertiary/aromatic N) is 1. The van der Waals surface area contributed by atoms with Gasteiger partial charge in [-0.2, -0.15) is 0 Å². The number of thioether (sulfide) groups is 1. The molecule has 10 heavy (non-hydrogen) atoms. The molecule has 1 atom stereocenters. The minimum Gasteiger partial charge on any atom is -0.480 e. The monoisotopic (exact) mass is 160 g/mol. The molecule has 1 unspecified atom stereocenters. The molecular weight excluding hydrogens is 152 g/mol. The predicted octanol–water partition coefficient (Wildman–Crippen LogP) is -0.238. The van der Waals surface area contributed by atoms with Crippen LogP contribution in [-0.4, -0.2) is 35.1 Å². The van der Waals surface area contributed by atoms with Crippen molar-refractivity contribution < 1.29 is 9.90 Å². The molecule has 1 aliphatic rings. The molecule has 4 nitrogen and oxygen atoms in total. The molecule has 2 N–H and O–H groups in total. The predicted molar refractivity (Wildman–Crippen MR) is 40.4 cm³/mol. The Hall–Kier alpha value is -0.710. The fourth-order valence-electron chi connectivity index (χ4n) is 0.678. The van der Waals surface area contributed by atoms with E-state index in [4.69, 9.17) is 5.11 Å². The maximum absolute atomic E-state index is 10.3. The van der Waals surface area contributed by atoms with Gasteiger partial charge in [0.25, 0.3) is 0 Å². The lowest BCUT2D eigenvalue weighted by molar-refractivity contribution is -0.138. The second kappa shape index (κ2) is 2.92. The van der Waals surface area contributed by atoms with E-state index < -0.39 is 12.0 Å². The summed E-state index contributed by atoms with van der Waals surface area (Å²) in [5, 5.41) is 12.0. The van der Waals surface area contributed by atoms with Crippen molar-refractivity contribution in [2.75, 3.05) is 12.8 Å². The lowest BCUT2D eigenvalue weighted by Gasteiger charge is -2.03. The zero-order chi connectivity index (χ0) is 7.56. The number of amidine groups is 1. The Kier molecular flexibility index (Phi) is 2.16. The SMILES string of the molecule is CSC1=NCC(C(=O)O)N1. The molecule has 0 amide bonds. The Morgan fingerprint density at radius 3 is 3.00 bits per heavy atom. The van der Waals surface area contributed by atoms with E-state index >= 15 is 0 Å². The van der Waals surface area contributed by atoms with Gasteiger partial charge in [-0.3, -0.25) is 4.99 Å². The number of carboxylic acid groups (broad SMARTS) is 1. The van der Waals surface area contributed by atoms with E-state index in [-0.39, 0.29) is 0 Å². The fraction of sp³-hybridized carbons (Fsp3) is 0.600. The Bertz CT molecular complexity index is 180. The van der Waals surface area contributed by atoms with Gasteiger partial charge in [-0.1, -0.05) is 11.8 Å². The summed E-state index contributed by atoms with van der Waals surface area (Å²) < 4.78 is 0. The van der Waals surface area contributed by atoms with Crippen molar-refractivity contribution in [1.29, 1.82) is 0 Å². The van der Waals surface area contributed by atoms with Gasteiger partial charge in [0.2, 0.25) is 0 Å². The van der Waals surface area contributed by atoms with Gasteiger partial charge >= 0.3 is 5.97 Å². The molecule has 0 radical (unpaired) electrons. The van der Waals surface area contributed by atoms with Crippen molar-refractivity contribution in [1.82, 2.24) is 5.32 Å². The fourth-order valence-corrected chi connectivity index (χ4v) is 1.14. The van der Waals surface area contributed by atoms with E-state index in [1.54, 1.807) is 0 Å². The summed E-state index contributed by atoms with van der Waals surface area (Å²) >= 11 is 1.43. The van der Waals surface area contributed by atoms with Gasteiger partial charge in [-0.25, -0.2) is 4.79 Å². The molecule has 5 heteroatoms. The number of nitrogens with one attached hydrogen (secondary N) is 1. The molecule has 0 spiro atoms. The normalized spacial score (nSPS) is 23.7. The third-order valence-corrected chi connectivity index (χ3v) is 1.84. The quantitative estimate of drug-likeness (QED) is 0.556. The Morgan fingerprint density at radius 1 is 2.00 bits per heavy atom. The average Bonchev–Trinajstić information content (AvgIpc) is 2.34. The van der Waals surface area contributed by atoms with E-state index in [1.807, 2.05) is 6.26 Å². The van der Waals surface area contributed by atoms with Crippen LogP contribution in [0.2, 0.25) is 0 Å². The minimum absolute atomic E-state index is 0.353. The molecule has 0 aromatic heterocycles. The Morgan fingerprint density at radius 2 is 2.70 bits per heavy atom. The molecule has 0 aromatic carbocycles. The summed E-state index contributed by atoms with van der Waals surface area (Å²) in [7, 11) is 0. The third kappa shape index (κ3) is 1.41. The maximum Gasteiger partial charge on any atom is 0.328 e. The van der Waals surface area contributed by atoms with Gasteiger partial charge in [0, 0.05) is 0 Å². The molecule has 1 heterocycles. The van der Waals surface area contributed by atoms with E-state index in [2.05, 4.69) is 10.3 Å². The summed E-state index contributed by atoms with van der Waals surface area (Å²) in [6, 6.07) is -0.512. The van der Waals surface area contributed by atoms with Crippen LogP contribution in [0.3, 0.4) is 0 Å². The number of rotatable bonds is 1. The number of carbonyl (C=O) groups is 1. The average molecular weight is 160 g/mol. The number of aliphatic imine (C=N–C) groups is 1. The highest BCUT2D eigenvalue weighted by molar-refractivity contribution is 8.13. The van der Waals surface area contributed by atoms with E-state index in [0.29, 0.717) is 11.7 Å². The summed E-state index contributed by atoms with van der Waals surface area (Å²) in [6.07, 6.45) is 1.86. The second-order valence-electron chi connectivity index (χ2n) is 1.89.